The van der Waals surface area contributed by atoms with Gasteiger partial charge in [-0.05, 0) is 51.2 Å². The lowest BCUT2D eigenvalue weighted by Gasteiger charge is -2.35. The van der Waals surface area contributed by atoms with Crippen LogP contribution in [0.5, 0.6) is 0 Å². The molecule has 4 N–H and O–H groups in total. The van der Waals surface area contributed by atoms with Crippen LogP contribution in [0.2, 0.25) is 0 Å². The lowest BCUT2D eigenvalue weighted by Crippen LogP contribution is -2.53. The smallest absolute Gasteiger partial charge is 0.415 e. The zero-order valence-corrected chi connectivity index (χ0v) is 16.5. The molecule has 1 amide bonds. The maximum Gasteiger partial charge on any atom is 0.415 e. The highest BCUT2D eigenvalue weighted by atomic mass is 19.1. The zero-order valence-electron chi connectivity index (χ0n) is 16.5. The third-order valence-electron chi connectivity index (χ3n) is 5.73. The van der Waals surface area contributed by atoms with Gasteiger partial charge in [0.05, 0.1) is 18.3 Å². The molecule has 29 heavy (non-hydrogen) atoms. The number of cyclic esters (lactones) is 1. The summed E-state index contributed by atoms with van der Waals surface area (Å²) in [6, 6.07) is 5.63. The molecule has 0 radical (unpaired) electrons. The van der Waals surface area contributed by atoms with Gasteiger partial charge in [0.15, 0.2) is 5.96 Å². The molecule has 1 unspecified atom stereocenters. The molecule has 0 spiro atoms. The minimum absolute atomic E-state index is 0.158. The molecule has 1 saturated heterocycles. The summed E-state index contributed by atoms with van der Waals surface area (Å²) >= 11 is 0. The number of carbonyl (C=O) groups is 1. The lowest BCUT2D eigenvalue weighted by molar-refractivity contribution is 0.140. The summed E-state index contributed by atoms with van der Waals surface area (Å²) in [5, 5.41) is 6.06. The summed E-state index contributed by atoms with van der Waals surface area (Å²) in [6.45, 7) is 2.64. The first kappa shape index (κ1) is 19.6. The number of pyridine rings is 1. The van der Waals surface area contributed by atoms with Crippen molar-refractivity contribution in [1.29, 1.82) is 0 Å². The predicted molar refractivity (Wildman–Crippen MR) is 108 cm³/mol. The van der Waals surface area contributed by atoms with Crippen molar-refractivity contribution in [3.63, 3.8) is 0 Å². The Bertz CT molecular complexity index is 836. The highest BCUT2D eigenvalue weighted by Crippen LogP contribution is 2.32. The van der Waals surface area contributed by atoms with Crippen LogP contribution in [0.4, 0.5) is 15.0 Å². The molecule has 156 valence electrons. The minimum atomic E-state index is -1.19. The Morgan fingerprint density at radius 2 is 2.14 bits per heavy atom. The fourth-order valence-electron chi connectivity index (χ4n) is 3.89. The highest BCUT2D eigenvalue weighted by Gasteiger charge is 2.38. The van der Waals surface area contributed by atoms with E-state index in [0.717, 1.165) is 32.1 Å². The van der Waals surface area contributed by atoms with Crippen LogP contribution in [0, 0.1) is 0 Å². The first-order valence-corrected chi connectivity index (χ1v) is 10.1. The number of ether oxygens (including phenoxy) is 1. The number of halogens is 1. The molecule has 2 fully saturated rings. The summed E-state index contributed by atoms with van der Waals surface area (Å²) in [4.78, 5) is 22.8. The molecule has 1 atom stereocenters. The van der Waals surface area contributed by atoms with Crippen molar-refractivity contribution in [3.8, 4) is 0 Å². The number of hydrogen-bond donors (Lipinski definition) is 3. The van der Waals surface area contributed by atoms with Gasteiger partial charge in [0, 0.05) is 18.8 Å². The van der Waals surface area contributed by atoms with Crippen LogP contribution in [0.25, 0.3) is 0 Å². The van der Waals surface area contributed by atoms with E-state index >= 15 is 0 Å². The number of aromatic nitrogens is 1. The van der Waals surface area contributed by atoms with Crippen LogP contribution in [-0.2, 0) is 10.3 Å². The van der Waals surface area contributed by atoms with Gasteiger partial charge in [-0.25, -0.2) is 19.2 Å². The Labute approximate surface area is 169 Å². The Morgan fingerprint density at radius 3 is 2.90 bits per heavy atom. The van der Waals surface area contributed by atoms with E-state index in [2.05, 4.69) is 15.6 Å². The average Bonchev–Trinajstić information content (AvgIpc) is 2.73. The molecule has 3 heterocycles. The fourth-order valence-corrected chi connectivity index (χ4v) is 3.89. The summed E-state index contributed by atoms with van der Waals surface area (Å²) in [5.74, 6) is 0.549. The van der Waals surface area contributed by atoms with E-state index in [9.17, 15) is 9.18 Å². The molecule has 0 aromatic carbocycles. The van der Waals surface area contributed by atoms with Crippen LogP contribution < -0.4 is 21.3 Å². The van der Waals surface area contributed by atoms with E-state index < -0.39 is 17.5 Å². The average molecular weight is 402 g/mol. The third-order valence-corrected chi connectivity index (χ3v) is 5.73. The third kappa shape index (κ3) is 4.05. The Balaban J connectivity index is 1.58. The molecule has 3 aliphatic rings. The highest BCUT2D eigenvalue weighted by molar-refractivity contribution is 5.87. The second-order valence-electron chi connectivity index (χ2n) is 7.93. The number of guanidine groups is 1. The molecule has 2 aliphatic heterocycles. The lowest BCUT2D eigenvalue weighted by atomic mass is 9.92. The van der Waals surface area contributed by atoms with E-state index in [-0.39, 0.29) is 12.1 Å². The van der Waals surface area contributed by atoms with E-state index in [0.29, 0.717) is 30.6 Å². The normalized spacial score (nSPS) is 31.6. The van der Waals surface area contributed by atoms with Gasteiger partial charge in [-0.2, -0.15) is 0 Å². The number of nitrogens with one attached hydrogen (secondary N) is 2. The SMILES string of the molecule is CC1(c2cccc(N3CCCOC3=O)n2)NC(=NC2CCC(N)CC2)NC=C1F. The van der Waals surface area contributed by atoms with Gasteiger partial charge in [-0.1, -0.05) is 6.07 Å². The Morgan fingerprint density at radius 1 is 1.34 bits per heavy atom. The molecule has 9 heteroatoms. The largest absolute Gasteiger partial charge is 0.449 e. The topological polar surface area (TPSA) is 105 Å². The van der Waals surface area contributed by atoms with Crippen molar-refractivity contribution in [3.05, 3.63) is 35.9 Å². The molecule has 1 aliphatic carbocycles. The number of hydrogen-bond acceptors (Lipinski definition) is 5. The maximum absolute atomic E-state index is 14.9. The van der Waals surface area contributed by atoms with Gasteiger partial charge < -0.3 is 21.1 Å². The molecular weight excluding hydrogens is 375 g/mol. The molecular formula is C20H27FN6O2. The van der Waals surface area contributed by atoms with E-state index in [1.165, 1.54) is 11.1 Å². The van der Waals surface area contributed by atoms with Crippen LogP contribution >= 0.6 is 0 Å². The minimum Gasteiger partial charge on any atom is -0.449 e. The molecule has 1 aromatic heterocycles. The molecule has 1 aromatic rings. The molecule has 0 bridgehead atoms. The van der Waals surface area contributed by atoms with Crippen molar-refractivity contribution in [2.75, 3.05) is 18.1 Å². The number of nitrogens with zero attached hydrogens (tertiary/aromatic N) is 3. The van der Waals surface area contributed by atoms with Crippen LogP contribution in [-0.4, -0.2) is 42.3 Å². The van der Waals surface area contributed by atoms with Crippen LogP contribution in [0.1, 0.15) is 44.7 Å². The molecule has 1 saturated carbocycles. The first-order chi connectivity index (χ1) is 14.0. The van der Waals surface area contributed by atoms with Gasteiger partial charge in [0.25, 0.3) is 0 Å². The van der Waals surface area contributed by atoms with Gasteiger partial charge >= 0.3 is 6.09 Å². The summed E-state index contributed by atoms with van der Waals surface area (Å²) in [7, 11) is 0. The number of anilines is 1. The number of carbonyl (C=O) groups excluding carboxylic acids is 1. The molecule has 4 rings (SSSR count). The Kier molecular flexibility index (Phi) is 5.40. The van der Waals surface area contributed by atoms with Gasteiger partial charge in [0.1, 0.15) is 17.2 Å². The summed E-state index contributed by atoms with van der Waals surface area (Å²) in [6.07, 6.45) is 5.33. The van der Waals surface area contributed by atoms with Crippen molar-refractivity contribution >= 4 is 17.9 Å². The van der Waals surface area contributed by atoms with Crippen molar-refractivity contribution in [2.45, 2.75) is 56.7 Å². The maximum atomic E-state index is 14.9. The predicted octanol–water partition coefficient (Wildman–Crippen LogP) is 2.27. The number of aliphatic imine (C=N–C) groups is 1. The van der Waals surface area contributed by atoms with E-state index in [1.807, 2.05) is 0 Å². The Hall–Kier alpha value is -2.68. The summed E-state index contributed by atoms with van der Waals surface area (Å²) in [5.41, 5.74) is 5.24. The monoisotopic (exact) mass is 402 g/mol. The fraction of sp³-hybridized carbons (Fsp3) is 0.550. The van der Waals surface area contributed by atoms with Gasteiger partial charge in [-0.3, -0.25) is 4.90 Å². The second-order valence-corrected chi connectivity index (χ2v) is 7.93. The van der Waals surface area contributed by atoms with Gasteiger partial charge in [0.2, 0.25) is 0 Å². The van der Waals surface area contributed by atoms with Crippen molar-refractivity contribution < 1.29 is 13.9 Å². The molecule has 8 nitrogen and oxygen atoms in total. The van der Waals surface area contributed by atoms with Crippen molar-refractivity contribution in [1.82, 2.24) is 15.6 Å². The van der Waals surface area contributed by atoms with Gasteiger partial charge in [-0.15, -0.1) is 0 Å². The zero-order chi connectivity index (χ0) is 20.4. The van der Waals surface area contributed by atoms with E-state index in [1.54, 1.807) is 25.1 Å². The number of nitrogens with two attached hydrogens (primary N) is 1. The van der Waals surface area contributed by atoms with Crippen molar-refractivity contribution in [2.24, 2.45) is 10.7 Å². The first-order valence-electron chi connectivity index (χ1n) is 10.1. The van der Waals surface area contributed by atoms with Crippen LogP contribution in [0.15, 0.2) is 35.2 Å². The quantitative estimate of drug-likeness (QED) is 0.716. The second kappa shape index (κ2) is 7.98. The number of rotatable bonds is 3. The summed E-state index contributed by atoms with van der Waals surface area (Å²) < 4.78 is 20.0. The van der Waals surface area contributed by atoms with Crippen LogP contribution in [0.3, 0.4) is 0 Å². The van der Waals surface area contributed by atoms with E-state index in [4.69, 9.17) is 15.5 Å². The number of amides is 1. The standard InChI is InChI=1S/C20H27FN6O2/c1-20(16-4-2-5-17(25-16)27-10-3-11-29-19(27)28)15(21)12-23-18(26-20)24-14-8-6-13(22)7-9-14/h2,4-5,12-14H,3,6-11,22H2,1H3,(H2,23,24,26).